The van der Waals surface area contributed by atoms with Crippen LogP contribution in [0, 0.1) is 0 Å². The third-order valence-electron chi connectivity index (χ3n) is 2.07. The summed E-state index contributed by atoms with van der Waals surface area (Å²) in [5.41, 5.74) is 6.13. The van der Waals surface area contributed by atoms with Crippen LogP contribution in [-0.2, 0) is 13.1 Å². The molecule has 1 N–H and O–H groups in total. The van der Waals surface area contributed by atoms with Crippen LogP contribution in [0.2, 0.25) is 0 Å². The highest BCUT2D eigenvalue weighted by atomic mass is 35.5. The maximum absolute atomic E-state index is 3.27. The van der Waals surface area contributed by atoms with E-state index in [1.54, 1.807) is 0 Å². The second kappa shape index (κ2) is 3.90. The van der Waals surface area contributed by atoms with E-state index in [1.807, 2.05) is 0 Å². The van der Waals surface area contributed by atoms with Crippen molar-refractivity contribution in [3.63, 3.8) is 0 Å². The summed E-state index contributed by atoms with van der Waals surface area (Å²) >= 11 is 0. The van der Waals surface area contributed by atoms with Crippen molar-refractivity contribution in [3.8, 4) is 0 Å². The van der Waals surface area contributed by atoms with Crippen molar-refractivity contribution in [1.82, 2.24) is 10.4 Å². The van der Waals surface area contributed by atoms with Gasteiger partial charge < -0.3 is 0 Å². The van der Waals surface area contributed by atoms with Gasteiger partial charge >= 0.3 is 0 Å². The standard InChI is InChI=1S/C9H12N2.ClH/c1-11-7-9-5-3-2-4-8(9)6-10-11;/h2-5,10H,6-7H2,1H3;1H. The molecule has 2 rings (SSSR count). The van der Waals surface area contributed by atoms with E-state index in [9.17, 15) is 0 Å². The van der Waals surface area contributed by atoms with E-state index in [4.69, 9.17) is 0 Å². The number of hydrazine groups is 1. The molecule has 0 radical (unpaired) electrons. The molecule has 1 aromatic carbocycles. The smallest absolute Gasteiger partial charge is 0.0381 e. The molecule has 3 heteroatoms. The van der Waals surface area contributed by atoms with Crippen molar-refractivity contribution in [3.05, 3.63) is 35.4 Å². The van der Waals surface area contributed by atoms with Gasteiger partial charge in [0.25, 0.3) is 0 Å². The van der Waals surface area contributed by atoms with E-state index in [0.717, 1.165) is 13.1 Å². The van der Waals surface area contributed by atoms with Gasteiger partial charge in [0.1, 0.15) is 0 Å². The molecule has 0 atom stereocenters. The van der Waals surface area contributed by atoms with Gasteiger partial charge in [-0.05, 0) is 11.1 Å². The quantitative estimate of drug-likeness (QED) is 0.659. The number of halogens is 1. The van der Waals surface area contributed by atoms with Crippen molar-refractivity contribution >= 4 is 12.4 Å². The van der Waals surface area contributed by atoms with Gasteiger partial charge in [-0.2, -0.15) is 0 Å². The van der Waals surface area contributed by atoms with Crippen LogP contribution in [0.1, 0.15) is 11.1 Å². The van der Waals surface area contributed by atoms with Crippen LogP contribution < -0.4 is 5.43 Å². The predicted octanol–water partition coefficient (Wildman–Crippen LogP) is 1.56. The van der Waals surface area contributed by atoms with E-state index in [-0.39, 0.29) is 12.4 Å². The molecule has 1 heterocycles. The van der Waals surface area contributed by atoms with Gasteiger partial charge in [-0.25, -0.2) is 5.01 Å². The maximum atomic E-state index is 3.27. The zero-order valence-corrected chi connectivity index (χ0v) is 7.90. The zero-order chi connectivity index (χ0) is 7.68. The molecule has 0 saturated carbocycles. The first-order valence-electron chi connectivity index (χ1n) is 3.88. The predicted molar refractivity (Wildman–Crippen MR) is 52.0 cm³/mol. The van der Waals surface area contributed by atoms with Crippen LogP contribution in [0.15, 0.2) is 24.3 Å². The third kappa shape index (κ3) is 1.78. The summed E-state index contributed by atoms with van der Waals surface area (Å²) in [6, 6.07) is 8.55. The summed E-state index contributed by atoms with van der Waals surface area (Å²) in [6.45, 7) is 1.98. The molecule has 0 aliphatic carbocycles. The highest BCUT2D eigenvalue weighted by Gasteiger charge is 2.09. The zero-order valence-electron chi connectivity index (χ0n) is 7.08. The Morgan fingerprint density at radius 1 is 1.25 bits per heavy atom. The molecule has 0 bridgehead atoms. The topological polar surface area (TPSA) is 15.3 Å². The molecule has 0 spiro atoms. The molecule has 2 nitrogen and oxygen atoms in total. The van der Waals surface area contributed by atoms with Gasteiger partial charge in [0, 0.05) is 20.1 Å². The first kappa shape index (κ1) is 9.52. The van der Waals surface area contributed by atoms with Crippen molar-refractivity contribution in [2.75, 3.05) is 7.05 Å². The average molecular weight is 185 g/mol. The fourth-order valence-electron chi connectivity index (χ4n) is 1.42. The number of rotatable bonds is 0. The lowest BCUT2D eigenvalue weighted by molar-refractivity contribution is 0.205. The number of fused-ring (bicyclic) bond motifs is 1. The fraction of sp³-hybridized carbons (Fsp3) is 0.333. The number of benzene rings is 1. The monoisotopic (exact) mass is 184 g/mol. The van der Waals surface area contributed by atoms with Crippen LogP contribution in [0.4, 0.5) is 0 Å². The molecule has 0 saturated heterocycles. The van der Waals surface area contributed by atoms with E-state index < -0.39 is 0 Å². The molecule has 12 heavy (non-hydrogen) atoms. The number of hydrogen-bond donors (Lipinski definition) is 1. The maximum Gasteiger partial charge on any atom is 0.0381 e. The Hall–Kier alpha value is -0.570. The first-order valence-corrected chi connectivity index (χ1v) is 3.88. The minimum atomic E-state index is 0. The first-order chi connectivity index (χ1) is 5.36. The number of nitrogens with one attached hydrogen (secondary N) is 1. The summed E-state index contributed by atoms with van der Waals surface area (Å²) in [6.07, 6.45) is 0. The Bertz CT molecular complexity index is 262. The fourth-order valence-corrected chi connectivity index (χ4v) is 1.42. The van der Waals surface area contributed by atoms with Crippen molar-refractivity contribution in [2.45, 2.75) is 13.1 Å². The Balaban J connectivity index is 0.000000720. The number of hydrogen-bond acceptors (Lipinski definition) is 2. The van der Waals surface area contributed by atoms with Crippen LogP contribution in [0.5, 0.6) is 0 Å². The molecule has 1 aliphatic rings. The van der Waals surface area contributed by atoms with Crippen molar-refractivity contribution in [2.24, 2.45) is 0 Å². The summed E-state index contributed by atoms with van der Waals surface area (Å²) in [4.78, 5) is 0. The highest BCUT2D eigenvalue weighted by Crippen LogP contribution is 2.13. The summed E-state index contributed by atoms with van der Waals surface area (Å²) in [7, 11) is 2.07. The molecule has 0 amide bonds. The van der Waals surface area contributed by atoms with E-state index >= 15 is 0 Å². The number of nitrogens with zero attached hydrogens (tertiary/aromatic N) is 1. The normalized spacial score (nSPS) is 16.4. The Kier molecular flexibility index (Phi) is 3.09. The summed E-state index contributed by atoms with van der Waals surface area (Å²) < 4.78 is 0. The Morgan fingerprint density at radius 3 is 2.67 bits per heavy atom. The second-order valence-electron chi connectivity index (χ2n) is 2.96. The largest absolute Gasteiger partial charge is 0.251 e. The summed E-state index contributed by atoms with van der Waals surface area (Å²) in [5, 5.41) is 2.11. The minimum absolute atomic E-state index is 0. The van der Waals surface area contributed by atoms with Gasteiger partial charge in [-0.3, -0.25) is 5.43 Å². The second-order valence-corrected chi connectivity index (χ2v) is 2.96. The van der Waals surface area contributed by atoms with E-state index in [1.165, 1.54) is 11.1 Å². The van der Waals surface area contributed by atoms with Gasteiger partial charge in [0.05, 0.1) is 0 Å². The van der Waals surface area contributed by atoms with Crippen LogP contribution in [0.25, 0.3) is 0 Å². The minimum Gasteiger partial charge on any atom is -0.251 e. The van der Waals surface area contributed by atoms with Crippen LogP contribution >= 0.6 is 12.4 Å². The van der Waals surface area contributed by atoms with Crippen molar-refractivity contribution in [1.29, 1.82) is 0 Å². The third-order valence-corrected chi connectivity index (χ3v) is 2.07. The average Bonchev–Trinajstić information content (AvgIpc) is 2.04. The van der Waals surface area contributed by atoms with Gasteiger partial charge in [0.2, 0.25) is 0 Å². The molecule has 0 aromatic heterocycles. The summed E-state index contributed by atoms with van der Waals surface area (Å²) in [5.74, 6) is 0. The molecular weight excluding hydrogens is 172 g/mol. The van der Waals surface area contributed by atoms with E-state index in [0.29, 0.717) is 0 Å². The van der Waals surface area contributed by atoms with Crippen molar-refractivity contribution < 1.29 is 0 Å². The van der Waals surface area contributed by atoms with Gasteiger partial charge in [-0.15, -0.1) is 12.4 Å². The lowest BCUT2D eigenvalue weighted by Crippen LogP contribution is -2.37. The molecular formula is C9H13ClN2. The molecule has 0 fully saturated rings. The lowest BCUT2D eigenvalue weighted by Gasteiger charge is -2.25. The van der Waals surface area contributed by atoms with Crippen LogP contribution in [0.3, 0.4) is 0 Å². The highest BCUT2D eigenvalue weighted by molar-refractivity contribution is 5.85. The van der Waals surface area contributed by atoms with Gasteiger partial charge in [0.15, 0.2) is 0 Å². The van der Waals surface area contributed by atoms with Gasteiger partial charge in [-0.1, -0.05) is 24.3 Å². The molecule has 1 aromatic rings. The molecule has 1 aliphatic heterocycles. The van der Waals surface area contributed by atoms with E-state index in [2.05, 4.69) is 41.7 Å². The Morgan fingerprint density at radius 2 is 1.92 bits per heavy atom. The molecule has 66 valence electrons. The SMILES string of the molecule is CN1Cc2ccccc2CN1.Cl. The Labute approximate surface area is 79.0 Å². The molecule has 0 unspecified atom stereocenters. The van der Waals surface area contributed by atoms with Crippen LogP contribution in [-0.4, -0.2) is 12.1 Å². The lowest BCUT2D eigenvalue weighted by atomic mass is 10.1.